The Bertz CT molecular complexity index is 126. The minimum atomic E-state index is -0.511. The first kappa shape index (κ1) is 10.0. The maximum absolute atomic E-state index is 10.00. The molecule has 1 N–H and O–H groups in total. The molecule has 0 aromatic heterocycles. The third kappa shape index (κ3) is 3.11. The molecule has 0 unspecified atom stereocenters. The lowest BCUT2D eigenvalue weighted by Gasteiger charge is -2.32. The van der Waals surface area contributed by atoms with Gasteiger partial charge in [-0.2, -0.15) is 0 Å². The molecule has 1 rings (SSSR count). The lowest BCUT2D eigenvalue weighted by Crippen LogP contribution is -2.37. The standard InChI is InChI=1S/C10H20O2/c1-9(2)12-8-10(11)6-4-3-5-7-10/h9,11H,3-8H2,1-2H3. The van der Waals surface area contributed by atoms with E-state index in [4.69, 9.17) is 4.74 Å². The van der Waals surface area contributed by atoms with Gasteiger partial charge in [0.15, 0.2) is 0 Å². The van der Waals surface area contributed by atoms with Crippen molar-refractivity contribution in [2.24, 2.45) is 0 Å². The van der Waals surface area contributed by atoms with E-state index in [1.807, 2.05) is 13.8 Å². The van der Waals surface area contributed by atoms with Crippen LogP contribution in [0, 0.1) is 0 Å². The zero-order valence-corrected chi connectivity index (χ0v) is 8.18. The van der Waals surface area contributed by atoms with Crippen LogP contribution in [0.1, 0.15) is 46.0 Å². The van der Waals surface area contributed by atoms with Crippen LogP contribution in [0.5, 0.6) is 0 Å². The third-order valence-electron chi connectivity index (χ3n) is 2.47. The van der Waals surface area contributed by atoms with Gasteiger partial charge in [0.2, 0.25) is 0 Å². The second-order valence-electron chi connectivity index (χ2n) is 4.14. The third-order valence-corrected chi connectivity index (χ3v) is 2.47. The number of aliphatic hydroxyl groups is 1. The van der Waals surface area contributed by atoms with Crippen molar-refractivity contribution in [2.45, 2.75) is 57.7 Å². The quantitative estimate of drug-likeness (QED) is 0.706. The monoisotopic (exact) mass is 172 g/mol. The summed E-state index contributed by atoms with van der Waals surface area (Å²) < 4.78 is 5.43. The Hall–Kier alpha value is -0.0800. The van der Waals surface area contributed by atoms with Gasteiger partial charge in [0, 0.05) is 0 Å². The first-order valence-electron chi connectivity index (χ1n) is 4.96. The molecule has 1 fully saturated rings. The topological polar surface area (TPSA) is 29.5 Å². The summed E-state index contributed by atoms with van der Waals surface area (Å²) in [6.45, 7) is 4.53. The highest BCUT2D eigenvalue weighted by Gasteiger charge is 2.29. The van der Waals surface area contributed by atoms with E-state index in [0.717, 1.165) is 25.7 Å². The molecule has 0 bridgehead atoms. The largest absolute Gasteiger partial charge is 0.387 e. The second kappa shape index (κ2) is 4.24. The fourth-order valence-corrected chi connectivity index (χ4v) is 1.68. The van der Waals surface area contributed by atoms with Gasteiger partial charge in [-0.25, -0.2) is 0 Å². The van der Waals surface area contributed by atoms with Crippen LogP contribution in [-0.4, -0.2) is 23.4 Å². The average Bonchev–Trinajstić information content (AvgIpc) is 2.03. The molecule has 0 spiro atoms. The molecule has 1 saturated carbocycles. The van der Waals surface area contributed by atoms with Crippen LogP contribution in [0.2, 0.25) is 0 Å². The lowest BCUT2D eigenvalue weighted by molar-refractivity contribution is -0.0834. The van der Waals surface area contributed by atoms with Gasteiger partial charge < -0.3 is 9.84 Å². The first-order chi connectivity index (χ1) is 5.62. The Morgan fingerprint density at radius 2 is 1.83 bits per heavy atom. The number of hydrogen-bond acceptors (Lipinski definition) is 2. The highest BCUT2D eigenvalue weighted by Crippen LogP contribution is 2.28. The van der Waals surface area contributed by atoms with E-state index in [1.165, 1.54) is 6.42 Å². The molecule has 2 nitrogen and oxygen atoms in total. The van der Waals surface area contributed by atoms with Gasteiger partial charge in [-0.3, -0.25) is 0 Å². The zero-order chi connectivity index (χ0) is 9.03. The van der Waals surface area contributed by atoms with Crippen molar-refractivity contribution in [2.75, 3.05) is 6.61 Å². The van der Waals surface area contributed by atoms with Gasteiger partial charge in [0.25, 0.3) is 0 Å². The molecule has 0 atom stereocenters. The minimum absolute atomic E-state index is 0.232. The summed E-state index contributed by atoms with van der Waals surface area (Å²) in [5.74, 6) is 0. The van der Waals surface area contributed by atoms with Gasteiger partial charge in [-0.1, -0.05) is 19.3 Å². The Morgan fingerprint density at radius 1 is 1.25 bits per heavy atom. The summed E-state index contributed by atoms with van der Waals surface area (Å²) in [7, 11) is 0. The second-order valence-corrected chi connectivity index (χ2v) is 4.14. The van der Waals surface area contributed by atoms with Crippen molar-refractivity contribution in [3.05, 3.63) is 0 Å². The minimum Gasteiger partial charge on any atom is -0.387 e. The highest BCUT2D eigenvalue weighted by atomic mass is 16.5. The Morgan fingerprint density at radius 3 is 2.33 bits per heavy atom. The van der Waals surface area contributed by atoms with E-state index in [2.05, 4.69) is 0 Å². The van der Waals surface area contributed by atoms with E-state index in [-0.39, 0.29) is 6.10 Å². The van der Waals surface area contributed by atoms with Gasteiger partial charge in [0.1, 0.15) is 0 Å². The maximum atomic E-state index is 10.00. The molecule has 1 aliphatic rings. The molecule has 2 heteroatoms. The summed E-state index contributed by atoms with van der Waals surface area (Å²) >= 11 is 0. The van der Waals surface area contributed by atoms with Gasteiger partial charge in [-0.15, -0.1) is 0 Å². The molecule has 0 aromatic carbocycles. The molecular formula is C10H20O2. The van der Waals surface area contributed by atoms with Gasteiger partial charge in [0.05, 0.1) is 18.3 Å². The molecule has 0 aromatic rings. The SMILES string of the molecule is CC(C)OCC1(O)CCCCC1. The van der Waals surface area contributed by atoms with Crippen molar-refractivity contribution in [1.82, 2.24) is 0 Å². The molecule has 0 radical (unpaired) electrons. The normalized spacial score (nSPS) is 23.0. The van der Waals surface area contributed by atoms with Crippen LogP contribution < -0.4 is 0 Å². The molecule has 1 aliphatic carbocycles. The van der Waals surface area contributed by atoms with Crippen LogP contribution in [0.25, 0.3) is 0 Å². The van der Waals surface area contributed by atoms with Crippen LogP contribution in [0.4, 0.5) is 0 Å². The summed E-state index contributed by atoms with van der Waals surface area (Å²) in [5.41, 5.74) is -0.511. The molecule has 0 aliphatic heterocycles. The predicted molar refractivity (Wildman–Crippen MR) is 49.1 cm³/mol. The van der Waals surface area contributed by atoms with Crippen molar-refractivity contribution in [3.63, 3.8) is 0 Å². The van der Waals surface area contributed by atoms with E-state index >= 15 is 0 Å². The van der Waals surface area contributed by atoms with E-state index in [1.54, 1.807) is 0 Å². The summed E-state index contributed by atoms with van der Waals surface area (Å²) in [5, 5.41) is 10.00. The van der Waals surface area contributed by atoms with Gasteiger partial charge in [-0.05, 0) is 26.7 Å². The smallest absolute Gasteiger partial charge is 0.0880 e. The molecule has 0 heterocycles. The van der Waals surface area contributed by atoms with E-state index in [9.17, 15) is 5.11 Å². The molecular weight excluding hydrogens is 152 g/mol. The summed E-state index contributed by atoms with van der Waals surface area (Å²) in [6.07, 6.45) is 5.63. The van der Waals surface area contributed by atoms with Crippen LogP contribution in [-0.2, 0) is 4.74 Å². The summed E-state index contributed by atoms with van der Waals surface area (Å²) in [4.78, 5) is 0. The zero-order valence-electron chi connectivity index (χ0n) is 8.18. The Labute approximate surface area is 74.9 Å². The van der Waals surface area contributed by atoms with Crippen molar-refractivity contribution >= 4 is 0 Å². The average molecular weight is 172 g/mol. The number of ether oxygens (including phenoxy) is 1. The fraction of sp³-hybridized carbons (Fsp3) is 1.00. The maximum Gasteiger partial charge on any atom is 0.0880 e. The predicted octanol–water partition coefficient (Wildman–Crippen LogP) is 2.11. The van der Waals surface area contributed by atoms with Crippen LogP contribution >= 0.6 is 0 Å². The first-order valence-corrected chi connectivity index (χ1v) is 4.96. The Balaban J connectivity index is 2.26. The summed E-state index contributed by atoms with van der Waals surface area (Å²) in [6, 6.07) is 0. The van der Waals surface area contributed by atoms with E-state index < -0.39 is 5.60 Å². The number of hydrogen-bond donors (Lipinski definition) is 1. The number of rotatable bonds is 3. The molecule has 0 amide bonds. The molecule has 12 heavy (non-hydrogen) atoms. The highest BCUT2D eigenvalue weighted by molar-refractivity contribution is 4.81. The Kier molecular flexibility index (Phi) is 3.53. The lowest BCUT2D eigenvalue weighted by atomic mass is 9.85. The molecule has 0 saturated heterocycles. The molecule has 72 valence electrons. The van der Waals surface area contributed by atoms with Crippen molar-refractivity contribution in [1.29, 1.82) is 0 Å². The van der Waals surface area contributed by atoms with Crippen LogP contribution in [0.3, 0.4) is 0 Å². The van der Waals surface area contributed by atoms with Gasteiger partial charge >= 0.3 is 0 Å². The van der Waals surface area contributed by atoms with Crippen molar-refractivity contribution in [3.8, 4) is 0 Å². The van der Waals surface area contributed by atoms with Crippen molar-refractivity contribution < 1.29 is 9.84 Å². The fourth-order valence-electron chi connectivity index (χ4n) is 1.68. The van der Waals surface area contributed by atoms with Crippen LogP contribution in [0.15, 0.2) is 0 Å². The van der Waals surface area contributed by atoms with E-state index in [0.29, 0.717) is 6.61 Å².